The Labute approximate surface area is 154 Å². The molecule has 3 heteroatoms. The highest BCUT2D eigenvalue weighted by Crippen LogP contribution is 2.19. The second-order valence-corrected chi connectivity index (χ2v) is 6.94. The van der Waals surface area contributed by atoms with Gasteiger partial charge in [-0.15, -0.1) is 0 Å². The number of pyridine rings is 1. The van der Waals surface area contributed by atoms with Crippen LogP contribution in [-0.2, 0) is 7.05 Å². The lowest BCUT2D eigenvalue weighted by molar-refractivity contribution is -0.627. The zero-order valence-corrected chi connectivity index (χ0v) is 15.2. The highest BCUT2D eigenvalue weighted by atomic mass is 15.1. The van der Waals surface area contributed by atoms with E-state index in [0.717, 1.165) is 21.5 Å². The zero-order chi connectivity index (χ0) is 20.2. The Balaban J connectivity index is 2.02. The molecule has 0 saturated heterocycles. The molecule has 0 fully saturated rings. The lowest BCUT2D eigenvalue weighted by Gasteiger charge is -2.27. The van der Waals surface area contributed by atoms with Gasteiger partial charge in [-0.25, -0.2) is 4.57 Å². The van der Waals surface area contributed by atoms with E-state index in [-0.39, 0.29) is 6.85 Å². The predicted octanol–water partition coefficient (Wildman–Crippen LogP) is 1.57. The van der Waals surface area contributed by atoms with Crippen molar-refractivity contribution >= 4 is 35.0 Å². The van der Waals surface area contributed by atoms with Crippen LogP contribution in [-0.4, -0.2) is 18.7 Å². The highest BCUT2D eigenvalue weighted by molar-refractivity contribution is 6.82. The Morgan fingerprint density at radius 2 is 1.84 bits per heavy atom. The van der Waals surface area contributed by atoms with Crippen molar-refractivity contribution in [2.24, 2.45) is 7.05 Å². The topological polar surface area (TPSA) is 7.12 Å². The minimum absolute atomic E-state index is 0.154. The molecule has 2 aromatic carbocycles. The summed E-state index contributed by atoms with van der Waals surface area (Å²) in [5.74, 6) is 2.17. The molecule has 3 aromatic rings. The number of rotatable bonds is 1. The monoisotopic (exact) mass is 330 g/mol. The third-order valence-corrected chi connectivity index (χ3v) is 5.38. The molecule has 25 heavy (non-hydrogen) atoms. The summed E-state index contributed by atoms with van der Waals surface area (Å²) in [5.41, 5.74) is 5.09. The first kappa shape index (κ1) is 12.8. The van der Waals surface area contributed by atoms with Crippen molar-refractivity contribution < 1.29 is 8.68 Å². The van der Waals surface area contributed by atoms with E-state index in [2.05, 4.69) is 55.7 Å². The van der Waals surface area contributed by atoms with Gasteiger partial charge < -0.3 is 4.81 Å². The van der Waals surface area contributed by atoms with Crippen LogP contribution >= 0.6 is 0 Å². The number of benzene rings is 2. The molecule has 0 spiro atoms. The van der Waals surface area contributed by atoms with E-state index >= 15 is 0 Å². The van der Waals surface area contributed by atoms with E-state index in [1.807, 2.05) is 36.1 Å². The molecule has 0 saturated carbocycles. The van der Waals surface area contributed by atoms with E-state index in [9.17, 15) is 0 Å². The smallest absolute Gasteiger partial charge is 0.396 e. The first-order valence-corrected chi connectivity index (χ1v) is 8.63. The predicted molar refractivity (Wildman–Crippen MR) is 107 cm³/mol. The molecule has 0 radical (unpaired) electrons. The van der Waals surface area contributed by atoms with Gasteiger partial charge in [-0.05, 0) is 49.3 Å². The Bertz CT molecular complexity index is 1210. The SMILES string of the molecule is [2H]C([2H])([2H])C1=c2ccccc2=CB(c2cc(C)c3c(C)cccc3[n+]2C)N1C. The molecule has 0 aliphatic carbocycles. The summed E-state index contributed by atoms with van der Waals surface area (Å²) >= 11 is 0. The summed E-state index contributed by atoms with van der Waals surface area (Å²) in [6, 6.07) is 16.3. The van der Waals surface area contributed by atoms with Crippen molar-refractivity contribution in [2.75, 3.05) is 7.05 Å². The van der Waals surface area contributed by atoms with Crippen molar-refractivity contribution in [1.29, 1.82) is 0 Å². The van der Waals surface area contributed by atoms with Crippen LogP contribution in [0.1, 0.15) is 22.1 Å². The van der Waals surface area contributed by atoms with Crippen LogP contribution in [0.5, 0.6) is 0 Å². The summed E-state index contributed by atoms with van der Waals surface area (Å²) in [7, 11) is 3.95. The van der Waals surface area contributed by atoms with Crippen molar-refractivity contribution in [3.05, 3.63) is 70.1 Å². The third-order valence-electron chi connectivity index (χ3n) is 5.38. The highest BCUT2D eigenvalue weighted by Gasteiger charge is 2.32. The Morgan fingerprint density at radius 3 is 2.64 bits per heavy atom. The fourth-order valence-electron chi connectivity index (χ4n) is 4.01. The molecule has 0 atom stereocenters. The van der Waals surface area contributed by atoms with Crippen LogP contribution < -0.4 is 20.6 Å². The quantitative estimate of drug-likeness (QED) is 0.485. The average Bonchev–Trinajstić information content (AvgIpc) is 2.63. The summed E-state index contributed by atoms with van der Waals surface area (Å²) in [6.07, 6.45) is 0. The zero-order valence-electron chi connectivity index (χ0n) is 18.2. The fraction of sp³-hybridized carbons (Fsp3) is 0.227. The number of aryl methyl sites for hydroxylation is 3. The van der Waals surface area contributed by atoms with Crippen LogP contribution in [0.2, 0.25) is 0 Å². The van der Waals surface area contributed by atoms with Gasteiger partial charge in [0, 0.05) is 21.9 Å². The third kappa shape index (κ3) is 2.38. The van der Waals surface area contributed by atoms with Crippen molar-refractivity contribution in [2.45, 2.75) is 20.7 Å². The normalized spacial score (nSPS) is 16.2. The van der Waals surface area contributed by atoms with Crippen LogP contribution in [0.25, 0.3) is 22.6 Å². The minimum Gasteiger partial charge on any atom is -0.408 e. The number of fused-ring (bicyclic) bond motifs is 2. The fourth-order valence-corrected chi connectivity index (χ4v) is 4.01. The van der Waals surface area contributed by atoms with Crippen LogP contribution in [0, 0.1) is 13.8 Å². The van der Waals surface area contributed by atoms with Gasteiger partial charge in [0.05, 0.1) is 5.39 Å². The van der Waals surface area contributed by atoms with E-state index in [0.29, 0.717) is 5.70 Å². The van der Waals surface area contributed by atoms with E-state index in [4.69, 9.17) is 4.11 Å². The molecule has 124 valence electrons. The number of aromatic nitrogens is 1. The Kier molecular flexibility index (Phi) is 2.94. The lowest BCUT2D eigenvalue weighted by Crippen LogP contribution is -2.62. The summed E-state index contributed by atoms with van der Waals surface area (Å²) < 4.78 is 26.6. The first-order valence-electron chi connectivity index (χ1n) is 10.1. The standard InChI is InChI=1S/C22H24BN2/c1-15-9-8-12-20-22(15)16(2)13-21(24(20)4)23-14-18-10-6-7-11-19(18)17(3)25(23)5/h6-14H,1-5H3/q+1/i3D3. The maximum absolute atomic E-state index is 8.13. The Morgan fingerprint density at radius 1 is 1.04 bits per heavy atom. The van der Waals surface area contributed by atoms with Gasteiger partial charge in [-0.3, -0.25) is 0 Å². The van der Waals surface area contributed by atoms with Crippen LogP contribution in [0.3, 0.4) is 0 Å². The van der Waals surface area contributed by atoms with E-state index < -0.39 is 6.85 Å². The molecule has 0 unspecified atom stereocenters. The first-order chi connectivity index (χ1) is 13.2. The van der Waals surface area contributed by atoms with Gasteiger partial charge in [0.1, 0.15) is 7.05 Å². The van der Waals surface area contributed by atoms with Gasteiger partial charge in [-0.1, -0.05) is 42.4 Å². The van der Waals surface area contributed by atoms with Gasteiger partial charge in [0.25, 0.3) is 0 Å². The molecular weight excluding hydrogens is 303 g/mol. The Hall–Kier alpha value is -2.55. The second kappa shape index (κ2) is 5.77. The largest absolute Gasteiger partial charge is 0.408 e. The number of hydrogen-bond donors (Lipinski definition) is 0. The summed E-state index contributed by atoms with van der Waals surface area (Å²) in [5, 5.41) is 3.02. The van der Waals surface area contributed by atoms with Gasteiger partial charge in [0.2, 0.25) is 5.52 Å². The molecule has 0 bridgehead atoms. The minimum atomic E-state index is -2.18. The van der Waals surface area contributed by atoms with E-state index in [1.54, 1.807) is 0 Å². The van der Waals surface area contributed by atoms with Crippen molar-refractivity contribution in [3.63, 3.8) is 0 Å². The molecule has 2 heterocycles. The lowest BCUT2D eigenvalue weighted by atomic mass is 9.54. The summed E-state index contributed by atoms with van der Waals surface area (Å²) in [4.78, 5) is 1.91. The molecule has 1 aromatic heterocycles. The van der Waals surface area contributed by atoms with Crippen molar-refractivity contribution in [3.8, 4) is 0 Å². The molecule has 0 N–H and O–H groups in total. The molecule has 4 rings (SSSR count). The van der Waals surface area contributed by atoms with Gasteiger partial charge in [0.15, 0.2) is 5.59 Å². The average molecular weight is 330 g/mol. The number of hydrogen-bond acceptors (Lipinski definition) is 1. The van der Waals surface area contributed by atoms with Gasteiger partial charge >= 0.3 is 6.85 Å². The molecular formula is C22H24BN2+. The molecule has 1 aliphatic heterocycles. The maximum Gasteiger partial charge on any atom is 0.396 e. The van der Waals surface area contributed by atoms with E-state index in [1.165, 1.54) is 16.5 Å². The molecule has 2 nitrogen and oxygen atoms in total. The summed E-state index contributed by atoms with van der Waals surface area (Å²) in [6.45, 7) is 1.92. The van der Waals surface area contributed by atoms with Gasteiger partial charge in [-0.2, -0.15) is 0 Å². The second-order valence-electron chi connectivity index (χ2n) is 6.94. The molecule has 0 amide bonds. The van der Waals surface area contributed by atoms with Crippen LogP contribution in [0.4, 0.5) is 0 Å². The maximum atomic E-state index is 8.13. The molecule has 1 aliphatic rings. The number of nitrogens with zero attached hydrogens (tertiary/aromatic N) is 2. The van der Waals surface area contributed by atoms with Crippen molar-refractivity contribution in [1.82, 2.24) is 4.81 Å². The van der Waals surface area contributed by atoms with Crippen LogP contribution in [0.15, 0.2) is 48.5 Å².